The van der Waals surface area contributed by atoms with Crippen LogP contribution in [0.3, 0.4) is 0 Å². The summed E-state index contributed by atoms with van der Waals surface area (Å²) in [7, 11) is 0. The molecule has 1 atom stereocenters. The van der Waals surface area contributed by atoms with Crippen molar-refractivity contribution in [2.75, 3.05) is 0 Å². The van der Waals surface area contributed by atoms with Gasteiger partial charge in [0.25, 0.3) is 0 Å². The number of esters is 1. The predicted octanol–water partition coefficient (Wildman–Crippen LogP) is 3.45. The van der Waals surface area contributed by atoms with Crippen LogP contribution >= 0.6 is 0 Å². The Labute approximate surface area is 86.6 Å². The summed E-state index contributed by atoms with van der Waals surface area (Å²) in [5, 5.41) is 0. The maximum Gasteiger partial charge on any atom is 0.307 e. The summed E-state index contributed by atoms with van der Waals surface area (Å²) in [6.45, 7) is 9.26. The van der Waals surface area contributed by atoms with Crippen LogP contribution in [0, 0.1) is 5.92 Å². The van der Waals surface area contributed by atoms with Gasteiger partial charge < -0.3 is 4.74 Å². The highest BCUT2D eigenvalue weighted by Gasteiger charge is 1.97. The van der Waals surface area contributed by atoms with Crippen LogP contribution < -0.4 is 0 Å². The van der Waals surface area contributed by atoms with Crippen molar-refractivity contribution in [3.8, 4) is 0 Å². The topological polar surface area (TPSA) is 26.3 Å². The fourth-order valence-corrected chi connectivity index (χ4v) is 1.06. The van der Waals surface area contributed by atoms with E-state index in [1.807, 2.05) is 13.0 Å². The Morgan fingerprint density at radius 2 is 2.14 bits per heavy atom. The number of allylic oxidation sites excluding steroid dienone is 2. The Hall–Kier alpha value is -1.05. The van der Waals surface area contributed by atoms with Crippen molar-refractivity contribution in [3.05, 3.63) is 24.5 Å². The second kappa shape index (κ2) is 7.36. The van der Waals surface area contributed by atoms with Gasteiger partial charge in [-0.15, -0.1) is 6.58 Å². The molecule has 0 aromatic carbocycles. The van der Waals surface area contributed by atoms with Crippen molar-refractivity contribution < 1.29 is 9.53 Å². The summed E-state index contributed by atoms with van der Waals surface area (Å²) in [4.78, 5) is 10.5. The zero-order chi connectivity index (χ0) is 11.0. The maximum atomic E-state index is 10.5. The van der Waals surface area contributed by atoms with Crippen molar-refractivity contribution in [1.82, 2.24) is 0 Å². The minimum atomic E-state index is -0.260. The predicted molar refractivity (Wildman–Crippen MR) is 58.7 cm³/mol. The largest absolute Gasteiger partial charge is 0.435 e. The molecule has 0 saturated heterocycles. The normalized spacial score (nSPS) is 13.5. The number of hydrogen-bond acceptors (Lipinski definition) is 2. The zero-order valence-electron chi connectivity index (χ0n) is 9.38. The first-order valence-electron chi connectivity index (χ1n) is 5.01. The molecule has 0 saturated carbocycles. The monoisotopic (exact) mass is 196 g/mol. The van der Waals surface area contributed by atoms with Crippen LogP contribution in [-0.4, -0.2) is 5.97 Å². The number of carbonyl (C=O) groups excluding carboxylic acids is 1. The van der Waals surface area contributed by atoms with Crippen LogP contribution in [0.4, 0.5) is 0 Å². The minimum Gasteiger partial charge on any atom is -0.435 e. The van der Waals surface area contributed by atoms with E-state index in [1.165, 1.54) is 6.92 Å². The van der Waals surface area contributed by atoms with Crippen LogP contribution in [-0.2, 0) is 9.53 Å². The van der Waals surface area contributed by atoms with E-state index in [9.17, 15) is 4.79 Å². The van der Waals surface area contributed by atoms with Gasteiger partial charge in [0.1, 0.15) is 0 Å². The van der Waals surface area contributed by atoms with Gasteiger partial charge in [-0.3, -0.25) is 4.79 Å². The molecule has 0 aliphatic carbocycles. The summed E-state index contributed by atoms with van der Waals surface area (Å²) in [5.74, 6) is 0.306. The number of carbonyl (C=O) groups is 1. The lowest BCUT2D eigenvalue weighted by atomic mass is 10.0. The molecular formula is C12H20O2. The van der Waals surface area contributed by atoms with Crippen molar-refractivity contribution in [3.63, 3.8) is 0 Å². The van der Waals surface area contributed by atoms with E-state index in [-0.39, 0.29) is 5.97 Å². The first-order valence-corrected chi connectivity index (χ1v) is 5.01. The molecule has 0 bridgehead atoms. The number of hydrogen-bond donors (Lipinski definition) is 0. The van der Waals surface area contributed by atoms with Crippen LogP contribution in [0.5, 0.6) is 0 Å². The molecule has 0 aromatic rings. The highest BCUT2D eigenvalue weighted by Crippen LogP contribution is 2.12. The van der Waals surface area contributed by atoms with Crippen LogP contribution in [0.1, 0.15) is 40.0 Å². The molecule has 0 amide bonds. The molecule has 0 aliphatic rings. The average Bonchev–Trinajstić information content (AvgIpc) is 2.14. The second-order valence-electron chi connectivity index (χ2n) is 3.68. The van der Waals surface area contributed by atoms with E-state index in [4.69, 9.17) is 4.74 Å². The maximum absolute atomic E-state index is 10.5. The number of rotatable bonds is 6. The van der Waals surface area contributed by atoms with Crippen LogP contribution in [0.15, 0.2) is 24.5 Å². The fourth-order valence-electron chi connectivity index (χ4n) is 1.06. The fraction of sp³-hybridized carbons (Fsp3) is 0.583. The molecule has 0 heterocycles. The molecule has 0 N–H and O–H groups in total. The molecule has 1 unspecified atom stereocenters. The molecule has 0 aliphatic heterocycles. The molecule has 0 spiro atoms. The first-order chi connectivity index (χ1) is 6.56. The molecule has 2 nitrogen and oxygen atoms in total. The van der Waals surface area contributed by atoms with Crippen LogP contribution in [0.2, 0.25) is 0 Å². The molecule has 80 valence electrons. The van der Waals surface area contributed by atoms with Gasteiger partial charge in [0.2, 0.25) is 0 Å². The summed E-state index contributed by atoms with van der Waals surface area (Å²) < 4.78 is 4.77. The van der Waals surface area contributed by atoms with Gasteiger partial charge >= 0.3 is 5.97 Å². The molecule has 0 radical (unpaired) electrons. The Kier molecular flexibility index (Phi) is 6.81. The lowest BCUT2D eigenvalue weighted by molar-refractivity contribution is -0.135. The highest BCUT2D eigenvalue weighted by atomic mass is 16.5. The van der Waals surface area contributed by atoms with E-state index in [1.54, 1.807) is 6.26 Å². The standard InChI is InChI=1S/C12H20O2/c1-5-10(2)7-6-8-11(3)9-14-12(4)13/h5,9-10H,1,6-8H2,2-4H3. The molecule has 0 fully saturated rings. The van der Waals surface area contributed by atoms with Gasteiger partial charge in [0.05, 0.1) is 6.26 Å². The lowest BCUT2D eigenvalue weighted by Crippen LogP contribution is -1.93. The average molecular weight is 196 g/mol. The third kappa shape index (κ3) is 7.59. The highest BCUT2D eigenvalue weighted by molar-refractivity contribution is 5.66. The summed E-state index contributed by atoms with van der Waals surface area (Å²) in [6.07, 6.45) is 6.73. The van der Waals surface area contributed by atoms with Gasteiger partial charge in [0, 0.05) is 6.92 Å². The quantitative estimate of drug-likeness (QED) is 0.369. The molecule has 14 heavy (non-hydrogen) atoms. The van der Waals surface area contributed by atoms with Gasteiger partial charge in [-0.1, -0.05) is 13.0 Å². The molecule has 0 rings (SSSR count). The van der Waals surface area contributed by atoms with E-state index in [0.29, 0.717) is 5.92 Å². The summed E-state index contributed by atoms with van der Waals surface area (Å²) in [6, 6.07) is 0. The van der Waals surface area contributed by atoms with Crippen LogP contribution in [0.25, 0.3) is 0 Å². The smallest absolute Gasteiger partial charge is 0.307 e. The first kappa shape index (κ1) is 12.9. The summed E-state index contributed by atoms with van der Waals surface area (Å²) in [5.41, 5.74) is 1.11. The molecule has 0 aromatic heterocycles. The van der Waals surface area contributed by atoms with Crippen molar-refractivity contribution in [1.29, 1.82) is 0 Å². The Morgan fingerprint density at radius 3 is 2.64 bits per heavy atom. The lowest BCUT2D eigenvalue weighted by Gasteiger charge is -2.05. The van der Waals surface area contributed by atoms with Gasteiger partial charge in [-0.2, -0.15) is 0 Å². The summed E-state index contributed by atoms with van der Waals surface area (Å²) >= 11 is 0. The van der Waals surface area contributed by atoms with Gasteiger partial charge in [-0.05, 0) is 37.7 Å². The van der Waals surface area contributed by atoms with E-state index >= 15 is 0 Å². The second-order valence-corrected chi connectivity index (χ2v) is 3.68. The number of ether oxygens (including phenoxy) is 1. The van der Waals surface area contributed by atoms with Crippen molar-refractivity contribution in [2.45, 2.75) is 40.0 Å². The molecular weight excluding hydrogens is 176 g/mol. The third-order valence-electron chi connectivity index (χ3n) is 2.06. The Bertz CT molecular complexity index is 216. The Morgan fingerprint density at radius 1 is 1.50 bits per heavy atom. The van der Waals surface area contributed by atoms with E-state index in [0.717, 1.165) is 24.8 Å². The van der Waals surface area contributed by atoms with E-state index < -0.39 is 0 Å². The third-order valence-corrected chi connectivity index (χ3v) is 2.06. The van der Waals surface area contributed by atoms with Crippen molar-refractivity contribution in [2.24, 2.45) is 5.92 Å². The Balaban J connectivity index is 3.62. The van der Waals surface area contributed by atoms with Crippen molar-refractivity contribution >= 4 is 5.97 Å². The minimum absolute atomic E-state index is 0.260. The van der Waals surface area contributed by atoms with Gasteiger partial charge in [0.15, 0.2) is 0 Å². The molecule has 2 heteroatoms. The SMILES string of the molecule is C=CC(C)CCCC(C)=COC(C)=O. The van der Waals surface area contributed by atoms with Gasteiger partial charge in [-0.25, -0.2) is 0 Å². The zero-order valence-corrected chi connectivity index (χ0v) is 9.38. The van der Waals surface area contributed by atoms with E-state index in [2.05, 4.69) is 13.5 Å².